The van der Waals surface area contributed by atoms with E-state index in [-0.39, 0.29) is 17.5 Å². The first-order valence-corrected chi connectivity index (χ1v) is 10.3. The van der Waals surface area contributed by atoms with Crippen LogP contribution < -0.4 is 10.2 Å². The number of thiophene rings is 1. The van der Waals surface area contributed by atoms with Crippen molar-refractivity contribution in [3.8, 4) is 0 Å². The molecule has 144 valence electrons. The number of thiazole rings is 1. The van der Waals surface area contributed by atoms with E-state index in [1.54, 1.807) is 34.9 Å². The van der Waals surface area contributed by atoms with Crippen molar-refractivity contribution in [2.45, 2.75) is 13.3 Å². The summed E-state index contributed by atoms with van der Waals surface area (Å²) < 4.78 is 14.1. The standard InChI is InChI=1S/C20H18FN3O2S2/c1-14(25)24(18-7-3-2-6-17(18)21)20-23-15(13-28-20)8-9-19(26)22-11-10-16-5-4-12-27-16/h2-9,12-13H,10-11H2,1H3,(H,22,26)/b9-8+. The Morgan fingerprint density at radius 1 is 1.21 bits per heavy atom. The minimum Gasteiger partial charge on any atom is -0.352 e. The summed E-state index contributed by atoms with van der Waals surface area (Å²) >= 11 is 2.86. The van der Waals surface area contributed by atoms with Gasteiger partial charge in [0.1, 0.15) is 5.82 Å². The fourth-order valence-corrected chi connectivity index (χ4v) is 4.04. The molecule has 0 bridgehead atoms. The van der Waals surface area contributed by atoms with Gasteiger partial charge in [-0.25, -0.2) is 9.37 Å². The van der Waals surface area contributed by atoms with Gasteiger partial charge in [0.25, 0.3) is 0 Å². The molecule has 2 aromatic heterocycles. The van der Waals surface area contributed by atoms with Crippen molar-refractivity contribution in [3.63, 3.8) is 0 Å². The number of hydrogen-bond acceptors (Lipinski definition) is 5. The molecule has 0 aliphatic heterocycles. The maximum Gasteiger partial charge on any atom is 0.244 e. The second-order valence-electron chi connectivity index (χ2n) is 5.81. The quantitative estimate of drug-likeness (QED) is 0.582. The highest BCUT2D eigenvalue weighted by Crippen LogP contribution is 2.30. The lowest BCUT2D eigenvalue weighted by molar-refractivity contribution is -0.117. The number of amides is 2. The molecular weight excluding hydrogens is 397 g/mol. The van der Waals surface area contributed by atoms with Gasteiger partial charge in [0.05, 0.1) is 11.4 Å². The lowest BCUT2D eigenvalue weighted by Crippen LogP contribution is -2.23. The number of benzene rings is 1. The first-order chi connectivity index (χ1) is 13.5. The summed E-state index contributed by atoms with van der Waals surface area (Å²) in [5.74, 6) is -1.07. The summed E-state index contributed by atoms with van der Waals surface area (Å²) in [6.07, 6.45) is 3.75. The number of carbonyl (C=O) groups excluding carboxylic acids is 2. The van der Waals surface area contributed by atoms with Crippen LogP contribution in [0.15, 0.2) is 53.2 Å². The third-order valence-corrected chi connectivity index (χ3v) is 5.55. The molecule has 2 heterocycles. The second kappa shape index (κ2) is 9.38. The fourth-order valence-electron chi connectivity index (χ4n) is 2.48. The molecule has 0 radical (unpaired) electrons. The van der Waals surface area contributed by atoms with Gasteiger partial charge in [0.15, 0.2) is 5.13 Å². The van der Waals surface area contributed by atoms with Gasteiger partial charge in [-0.2, -0.15) is 0 Å². The zero-order chi connectivity index (χ0) is 19.9. The topological polar surface area (TPSA) is 62.3 Å². The van der Waals surface area contributed by atoms with Crippen LogP contribution in [0.1, 0.15) is 17.5 Å². The first kappa shape index (κ1) is 19.9. The van der Waals surface area contributed by atoms with E-state index in [2.05, 4.69) is 10.3 Å². The highest BCUT2D eigenvalue weighted by molar-refractivity contribution is 7.14. The third kappa shape index (κ3) is 5.11. The van der Waals surface area contributed by atoms with E-state index in [4.69, 9.17) is 0 Å². The van der Waals surface area contributed by atoms with Crippen LogP contribution in [0.3, 0.4) is 0 Å². The Balaban J connectivity index is 1.63. The average Bonchev–Trinajstić information content (AvgIpc) is 3.34. The largest absolute Gasteiger partial charge is 0.352 e. The van der Waals surface area contributed by atoms with Crippen molar-refractivity contribution < 1.29 is 14.0 Å². The summed E-state index contributed by atoms with van der Waals surface area (Å²) in [4.78, 5) is 30.7. The molecule has 1 aromatic carbocycles. The van der Waals surface area contributed by atoms with Crippen molar-refractivity contribution in [1.82, 2.24) is 10.3 Å². The van der Waals surface area contributed by atoms with E-state index >= 15 is 0 Å². The molecule has 0 saturated carbocycles. The molecule has 8 heteroatoms. The Morgan fingerprint density at radius 3 is 2.75 bits per heavy atom. The zero-order valence-electron chi connectivity index (χ0n) is 15.1. The van der Waals surface area contributed by atoms with E-state index in [1.165, 1.54) is 46.2 Å². The Hall–Kier alpha value is -2.84. The summed E-state index contributed by atoms with van der Waals surface area (Å²) in [5.41, 5.74) is 0.669. The van der Waals surface area contributed by atoms with Gasteiger partial charge in [0.2, 0.25) is 11.8 Å². The second-order valence-corrected chi connectivity index (χ2v) is 7.68. The van der Waals surface area contributed by atoms with Gasteiger partial charge < -0.3 is 5.32 Å². The number of aromatic nitrogens is 1. The first-order valence-electron chi connectivity index (χ1n) is 8.53. The molecule has 0 unspecified atom stereocenters. The van der Waals surface area contributed by atoms with Crippen LogP contribution in [-0.2, 0) is 16.0 Å². The lowest BCUT2D eigenvalue weighted by atomic mass is 10.3. The normalized spacial score (nSPS) is 10.9. The van der Waals surface area contributed by atoms with Gasteiger partial charge in [-0.1, -0.05) is 18.2 Å². The Labute approximate surface area is 170 Å². The highest BCUT2D eigenvalue weighted by Gasteiger charge is 2.20. The molecule has 3 aromatic rings. The van der Waals surface area contributed by atoms with Gasteiger partial charge in [-0.15, -0.1) is 22.7 Å². The summed E-state index contributed by atoms with van der Waals surface area (Å²) in [6.45, 7) is 1.90. The van der Waals surface area contributed by atoms with Gasteiger partial charge in [-0.3, -0.25) is 14.5 Å². The minimum atomic E-state index is -0.505. The molecule has 5 nitrogen and oxygen atoms in total. The van der Waals surface area contributed by atoms with E-state index < -0.39 is 5.82 Å². The van der Waals surface area contributed by atoms with E-state index in [0.29, 0.717) is 17.4 Å². The Bertz CT molecular complexity index is 983. The number of carbonyl (C=O) groups is 2. The van der Waals surface area contributed by atoms with Crippen molar-refractivity contribution in [2.75, 3.05) is 11.4 Å². The number of nitrogens with one attached hydrogen (secondary N) is 1. The Morgan fingerprint density at radius 2 is 2.04 bits per heavy atom. The number of anilines is 2. The molecule has 0 fully saturated rings. The monoisotopic (exact) mass is 415 g/mol. The maximum atomic E-state index is 14.1. The van der Waals surface area contributed by atoms with Crippen molar-refractivity contribution in [3.05, 3.63) is 69.6 Å². The molecule has 3 rings (SSSR count). The summed E-state index contributed by atoms with van der Waals surface area (Å²) in [5, 5.41) is 6.87. The maximum absolute atomic E-state index is 14.1. The van der Waals surface area contributed by atoms with Crippen LogP contribution in [0.2, 0.25) is 0 Å². The molecule has 0 atom stereocenters. The van der Waals surface area contributed by atoms with E-state index in [1.807, 2.05) is 17.5 Å². The zero-order valence-corrected chi connectivity index (χ0v) is 16.7. The predicted octanol–water partition coefficient (Wildman–Crippen LogP) is 4.40. The van der Waals surface area contributed by atoms with Crippen LogP contribution in [0.5, 0.6) is 0 Å². The minimum absolute atomic E-state index is 0.145. The van der Waals surface area contributed by atoms with Crippen molar-refractivity contribution in [1.29, 1.82) is 0 Å². The number of nitrogens with zero attached hydrogens (tertiary/aromatic N) is 2. The number of para-hydroxylation sites is 1. The summed E-state index contributed by atoms with van der Waals surface area (Å²) in [6, 6.07) is 10.0. The van der Waals surface area contributed by atoms with E-state index in [0.717, 1.165) is 6.42 Å². The van der Waals surface area contributed by atoms with Gasteiger partial charge >= 0.3 is 0 Å². The van der Waals surface area contributed by atoms with Crippen molar-refractivity contribution in [2.24, 2.45) is 0 Å². The molecular formula is C20H18FN3O2S2. The highest BCUT2D eigenvalue weighted by atomic mass is 32.1. The molecule has 0 aliphatic rings. The van der Waals surface area contributed by atoms with E-state index in [9.17, 15) is 14.0 Å². The molecule has 1 N–H and O–H groups in total. The fraction of sp³-hybridized carbons (Fsp3) is 0.150. The van der Waals surface area contributed by atoms with Gasteiger partial charge in [-0.05, 0) is 36.1 Å². The number of hydrogen-bond donors (Lipinski definition) is 1. The van der Waals surface area contributed by atoms with Crippen molar-refractivity contribution >= 4 is 51.4 Å². The smallest absolute Gasteiger partial charge is 0.244 e. The predicted molar refractivity (Wildman–Crippen MR) is 111 cm³/mol. The summed E-state index contributed by atoms with van der Waals surface area (Å²) in [7, 11) is 0. The molecule has 0 saturated heterocycles. The molecule has 0 spiro atoms. The van der Waals surface area contributed by atoms with Gasteiger partial charge in [0, 0.05) is 29.8 Å². The third-order valence-electron chi connectivity index (χ3n) is 3.77. The lowest BCUT2D eigenvalue weighted by Gasteiger charge is -2.18. The van der Waals surface area contributed by atoms with Crippen LogP contribution in [0.25, 0.3) is 6.08 Å². The average molecular weight is 416 g/mol. The molecule has 0 aliphatic carbocycles. The van der Waals surface area contributed by atoms with Crippen LogP contribution in [-0.4, -0.2) is 23.3 Å². The number of rotatable bonds is 7. The van der Waals surface area contributed by atoms with Crippen LogP contribution in [0.4, 0.5) is 15.2 Å². The molecule has 28 heavy (non-hydrogen) atoms. The SMILES string of the molecule is CC(=O)N(c1nc(/C=C/C(=O)NCCc2cccs2)cs1)c1ccccc1F. The molecule has 2 amide bonds. The number of halogens is 1. The Kier molecular flexibility index (Phi) is 6.67. The van der Waals surface area contributed by atoms with Crippen LogP contribution in [0, 0.1) is 5.82 Å². The van der Waals surface area contributed by atoms with Crippen LogP contribution >= 0.6 is 22.7 Å².